The predicted octanol–water partition coefficient (Wildman–Crippen LogP) is 5.86. The molecule has 0 atom stereocenters. The highest BCUT2D eigenvalue weighted by atomic mass is 32.1. The number of aromatic nitrogens is 1. The molecular formula is C28H27N3OS. The van der Waals surface area contributed by atoms with Gasteiger partial charge in [0.1, 0.15) is 0 Å². The summed E-state index contributed by atoms with van der Waals surface area (Å²) in [5, 5.41) is 5.77. The van der Waals surface area contributed by atoms with Crippen LogP contribution < -0.4 is 5.32 Å². The van der Waals surface area contributed by atoms with Crippen molar-refractivity contribution >= 4 is 22.4 Å². The van der Waals surface area contributed by atoms with E-state index in [2.05, 4.69) is 64.1 Å². The van der Waals surface area contributed by atoms with Crippen LogP contribution in [0, 0.1) is 0 Å². The number of fused-ring (bicyclic) bond motifs is 1. The van der Waals surface area contributed by atoms with Crippen LogP contribution in [0.1, 0.15) is 40.3 Å². The molecule has 4 aromatic rings. The van der Waals surface area contributed by atoms with Gasteiger partial charge in [0.25, 0.3) is 0 Å². The molecule has 5 rings (SSSR count). The number of nitrogens with zero attached hydrogens (tertiary/aromatic N) is 2. The SMILES string of the molecule is O=C(CC(c1ccccc1)c1ccccc1)Nc1nc(CN2CCc3ccccc3C2)cs1. The molecule has 1 aliphatic heterocycles. The van der Waals surface area contributed by atoms with Crippen LogP contribution in [-0.4, -0.2) is 22.3 Å². The second-order valence-electron chi connectivity index (χ2n) is 8.50. The summed E-state index contributed by atoms with van der Waals surface area (Å²) in [4.78, 5) is 20.1. The van der Waals surface area contributed by atoms with Gasteiger partial charge >= 0.3 is 0 Å². The third-order valence-electron chi connectivity index (χ3n) is 6.19. The van der Waals surface area contributed by atoms with Crippen molar-refractivity contribution in [1.29, 1.82) is 0 Å². The van der Waals surface area contributed by atoms with Gasteiger partial charge in [-0.3, -0.25) is 9.69 Å². The summed E-state index contributed by atoms with van der Waals surface area (Å²) in [6.45, 7) is 2.79. The summed E-state index contributed by atoms with van der Waals surface area (Å²) in [5.41, 5.74) is 6.15. The van der Waals surface area contributed by atoms with E-state index in [4.69, 9.17) is 4.98 Å². The highest BCUT2D eigenvalue weighted by molar-refractivity contribution is 7.13. The van der Waals surface area contributed by atoms with Gasteiger partial charge in [-0.1, -0.05) is 84.9 Å². The summed E-state index contributed by atoms with van der Waals surface area (Å²) in [6.07, 6.45) is 1.45. The molecule has 0 saturated carbocycles. The first kappa shape index (κ1) is 21.6. The number of anilines is 1. The van der Waals surface area contributed by atoms with Crippen molar-refractivity contribution in [3.8, 4) is 0 Å². The first-order valence-electron chi connectivity index (χ1n) is 11.4. The number of hydrogen-bond acceptors (Lipinski definition) is 4. The molecular weight excluding hydrogens is 426 g/mol. The third-order valence-corrected chi connectivity index (χ3v) is 6.99. The van der Waals surface area contributed by atoms with Gasteiger partial charge in [0.15, 0.2) is 5.13 Å². The Morgan fingerprint density at radius 3 is 2.24 bits per heavy atom. The van der Waals surface area contributed by atoms with Gasteiger partial charge < -0.3 is 5.32 Å². The van der Waals surface area contributed by atoms with Crippen LogP contribution in [0.3, 0.4) is 0 Å². The zero-order valence-corrected chi connectivity index (χ0v) is 19.3. The zero-order valence-electron chi connectivity index (χ0n) is 18.5. The summed E-state index contributed by atoms with van der Waals surface area (Å²) in [5.74, 6) is 0.000701. The van der Waals surface area contributed by atoms with Crippen molar-refractivity contribution < 1.29 is 4.79 Å². The quantitative estimate of drug-likeness (QED) is 0.381. The Morgan fingerprint density at radius 2 is 1.55 bits per heavy atom. The Kier molecular flexibility index (Phi) is 6.61. The summed E-state index contributed by atoms with van der Waals surface area (Å²) < 4.78 is 0. The monoisotopic (exact) mass is 453 g/mol. The smallest absolute Gasteiger partial charge is 0.227 e. The van der Waals surface area contributed by atoms with Crippen LogP contribution in [0.5, 0.6) is 0 Å². The van der Waals surface area contributed by atoms with Crippen molar-refractivity contribution in [2.24, 2.45) is 0 Å². The molecule has 0 aliphatic carbocycles. The number of thiazole rings is 1. The zero-order chi connectivity index (χ0) is 22.5. The Hall–Kier alpha value is -3.28. The molecule has 1 aliphatic rings. The highest BCUT2D eigenvalue weighted by Gasteiger charge is 2.20. The molecule has 2 heterocycles. The van der Waals surface area contributed by atoms with Crippen LogP contribution in [-0.2, 0) is 24.3 Å². The van der Waals surface area contributed by atoms with Crippen molar-refractivity contribution in [2.75, 3.05) is 11.9 Å². The average molecular weight is 454 g/mol. The van der Waals surface area contributed by atoms with Crippen molar-refractivity contribution in [2.45, 2.75) is 31.8 Å². The number of amides is 1. The maximum absolute atomic E-state index is 13.0. The normalized spacial score (nSPS) is 13.6. The first-order chi connectivity index (χ1) is 16.2. The minimum atomic E-state index is -0.0134. The van der Waals surface area contributed by atoms with Crippen LogP contribution in [0.15, 0.2) is 90.3 Å². The second-order valence-corrected chi connectivity index (χ2v) is 9.36. The fourth-order valence-electron chi connectivity index (χ4n) is 4.51. The fourth-order valence-corrected chi connectivity index (χ4v) is 5.23. The number of rotatable bonds is 7. The Labute approximate surface area is 198 Å². The number of carbonyl (C=O) groups excluding carboxylic acids is 1. The van der Waals surface area contributed by atoms with E-state index in [9.17, 15) is 4.79 Å². The Bertz CT molecular complexity index is 1170. The summed E-state index contributed by atoms with van der Waals surface area (Å²) in [6, 6.07) is 29.1. The fraction of sp³-hybridized carbons (Fsp3) is 0.214. The maximum Gasteiger partial charge on any atom is 0.227 e. The standard InChI is InChI=1S/C28H27N3OS/c32-27(17-26(22-10-3-1-4-11-22)23-12-5-2-6-13-23)30-28-29-25(20-33-28)19-31-16-15-21-9-7-8-14-24(21)18-31/h1-14,20,26H,15-19H2,(H,29,30,32). The maximum atomic E-state index is 13.0. The van der Waals surface area contributed by atoms with E-state index in [-0.39, 0.29) is 11.8 Å². The second kappa shape index (κ2) is 10.1. The van der Waals surface area contributed by atoms with Gasteiger partial charge in [-0.25, -0.2) is 4.98 Å². The summed E-state index contributed by atoms with van der Waals surface area (Å²) >= 11 is 1.50. The van der Waals surface area contributed by atoms with Gasteiger partial charge in [0.2, 0.25) is 5.91 Å². The van der Waals surface area contributed by atoms with Gasteiger partial charge in [-0.05, 0) is 28.7 Å². The average Bonchev–Trinajstić information content (AvgIpc) is 3.30. The largest absolute Gasteiger partial charge is 0.302 e. The molecule has 1 N–H and O–H groups in total. The Balaban J connectivity index is 1.22. The van der Waals surface area contributed by atoms with Crippen LogP contribution in [0.2, 0.25) is 0 Å². The number of carbonyl (C=O) groups is 1. The molecule has 33 heavy (non-hydrogen) atoms. The minimum absolute atomic E-state index is 0.0134. The van der Waals surface area contributed by atoms with Crippen molar-refractivity contribution in [3.05, 3.63) is 118 Å². The van der Waals surface area contributed by atoms with E-state index in [1.165, 1.54) is 22.5 Å². The molecule has 5 heteroatoms. The topological polar surface area (TPSA) is 45.2 Å². The van der Waals surface area contributed by atoms with Crippen LogP contribution in [0.25, 0.3) is 0 Å². The van der Waals surface area contributed by atoms with Crippen molar-refractivity contribution in [1.82, 2.24) is 9.88 Å². The first-order valence-corrected chi connectivity index (χ1v) is 12.3. The van der Waals surface area contributed by atoms with E-state index < -0.39 is 0 Å². The molecule has 1 amide bonds. The molecule has 0 fully saturated rings. The van der Waals surface area contributed by atoms with E-state index in [1.54, 1.807) is 0 Å². The predicted molar refractivity (Wildman–Crippen MR) is 134 cm³/mol. The molecule has 166 valence electrons. The van der Waals surface area contributed by atoms with Gasteiger partial charge in [0.05, 0.1) is 5.69 Å². The van der Waals surface area contributed by atoms with Gasteiger partial charge in [-0.2, -0.15) is 0 Å². The molecule has 0 bridgehead atoms. The molecule has 3 aromatic carbocycles. The molecule has 0 unspecified atom stereocenters. The number of hydrogen-bond donors (Lipinski definition) is 1. The van der Waals surface area contributed by atoms with E-state index in [1.807, 2.05) is 36.4 Å². The molecule has 1 aromatic heterocycles. The highest BCUT2D eigenvalue weighted by Crippen LogP contribution is 2.29. The lowest BCUT2D eigenvalue weighted by Gasteiger charge is -2.27. The van der Waals surface area contributed by atoms with Gasteiger partial charge in [0, 0.05) is 37.4 Å². The minimum Gasteiger partial charge on any atom is -0.302 e. The van der Waals surface area contributed by atoms with E-state index in [0.29, 0.717) is 11.6 Å². The Morgan fingerprint density at radius 1 is 0.909 bits per heavy atom. The lowest BCUT2D eigenvalue weighted by atomic mass is 9.88. The van der Waals surface area contributed by atoms with Gasteiger partial charge in [-0.15, -0.1) is 11.3 Å². The molecule has 0 saturated heterocycles. The van der Waals surface area contributed by atoms with E-state index in [0.717, 1.165) is 42.9 Å². The molecule has 0 spiro atoms. The van der Waals surface area contributed by atoms with Crippen LogP contribution in [0.4, 0.5) is 5.13 Å². The molecule has 4 nitrogen and oxygen atoms in total. The lowest BCUT2D eigenvalue weighted by Crippen LogP contribution is -2.30. The lowest BCUT2D eigenvalue weighted by molar-refractivity contribution is -0.116. The third kappa shape index (κ3) is 5.38. The van der Waals surface area contributed by atoms with E-state index >= 15 is 0 Å². The number of nitrogens with one attached hydrogen (secondary N) is 1. The molecule has 0 radical (unpaired) electrons. The number of benzene rings is 3. The van der Waals surface area contributed by atoms with Crippen molar-refractivity contribution in [3.63, 3.8) is 0 Å². The van der Waals surface area contributed by atoms with Crippen LogP contribution >= 0.6 is 11.3 Å². The summed E-state index contributed by atoms with van der Waals surface area (Å²) in [7, 11) is 0.